The second-order valence-electron chi connectivity index (χ2n) is 6.68. The molecule has 8 nitrogen and oxygen atoms in total. The molecule has 0 unspecified atom stereocenters. The number of hydrogen-bond donors (Lipinski definition) is 3. The highest BCUT2D eigenvalue weighted by Gasteiger charge is 2.21. The number of benzene rings is 1. The fourth-order valence-corrected chi connectivity index (χ4v) is 3.20. The minimum absolute atomic E-state index is 0.0971. The number of rotatable bonds is 6. The van der Waals surface area contributed by atoms with E-state index >= 15 is 0 Å². The number of anilines is 4. The normalized spacial score (nSPS) is 14.2. The van der Waals surface area contributed by atoms with Crippen molar-refractivity contribution in [3.8, 4) is 0 Å². The van der Waals surface area contributed by atoms with Gasteiger partial charge in [0.2, 0.25) is 17.8 Å². The summed E-state index contributed by atoms with van der Waals surface area (Å²) in [6.07, 6.45) is 4.37. The Morgan fingerprint density at radius 3 is 2.59 bits per heavy atom. The minimum atomic E-state index is -0.313. The van der Waals surface area contributed by atoms with E-state index in [0.717, 1.165) is 12.8 Å². The van der Waals surface area contributed by atoms with Gasteiger partial charge in [-0.2, -0.15) is 4.98 Å². The van der Waals surface area contributed by atoms with E-state index in [1.54, 1.807) is 13.0 Å². The van der Waals surface area contributed by atoms with Gasteiger partial charge in [0.05, 0.1) is 17.6 Å². The first-order valence-electron chi connectivity index (χ1n) is 9.30. The molecule has 1 fully saturated rings. The Balaban J connectivity index is 1.71. The summed E-state index contributed by atoms with van der Waals surface area (Å²) in [5.74, 6) is 0.656. The molecule has 1 saturated heterocycles. The van der Waals surface area contributed by atoms with Crippen molar-refractivity contribution in [3.63, 3.8) is 0 Å². The molecule has 2 amide bonds. The highest BCUT2D eigenvalue weighted by Crippen LogP contribution is 2.29. The number of hydrogen-bond acceptors (Lipinski definition) is 6. The van der Waals surface area contributed by atoms with E-state index in [-0.39, 0.29) is 17.9 Å². The summed E-state index contributed by atoms with van der Waals surface area (Å²) in [5.41, 5.74) is 1.22. The third-order valence-corrected chi connectivity index (χ3v) is 4.92. The number of carbonyl (C=O) groups is 2. The molecule has 1 aromatic carbocycles. The second kappa shape index (κ2) is 9.38. The highest BCUT2D eigenvalue weighted by molar-refractivity contribution is 6.33. The van der Waals surface area contributed by atoms with Crippen LogP contribution in [0.2, 0.25) is 5.02 Å². The average Bonchev–Trinajstić information content (AvgIpc) is 2.72. The molecule has 1 aliphatic rings. The van der Waals surface area contributed by atoms with Crippen molar-refractivity contribution in [1.29, 1.82) is 0 Å². The number of nitrogens with one attached hydrogen (secondary N) is 3. The van der Waals surface area contributed by atoms with Crippen LogP contribution in [0, 0.1) is 0 Å². The first kappa shape index (κ1) is 20.6. The summed E-state index contributed by atoms with van der Waals surface area (Å²) in [4.78, 5) is 33.7. The van der Waals surface area contributed by atoms with Crippen LogP contribution in [0.15, 0.2) is 43.1 Å². The van der Waals surface area contributed by atoms with Gasteiger partial charge in [0, 0.05) is 26.1 Å². The molecule has 3 rings (SSSR count). The fraction of sp³-hybridized carbons (Fsp3) is 0.300. The van der Waals surface area contributed by atoms with Crippen LogP contribution >= 0.6 is 11.6 Å². The summed E-state index contributed by atoms with van der Waals surface area (Å²) in [6, 6.07) is 7.40. The lowest BCUT2D eigenvalue weighted by atomic mass is 10.1. The molecule has 0 atom stereocenters. The zero-order chi connectivity index (χ0) is 20.8. The number of nitrogens with zero attached hydrogens (tertiary/aromatic N) is 3. The zero-order valence-corrected chi connectivity index (χ0v) is 16.9. The molecule has 2 heterocycles. The van der Waals surface area contributed by atoms with E-state index in [1.807, 2.05) is 23.1 Å². The van der Waals surface area contributed by atoms with E-state index in [1.165, 1.54) is 12.3 Å². The molecule has 0 saturated carbocycles. The van der Waals surface area contributed by atoms with Crippen molar-refractivity contribution in [2.75, 3.05) is 29.0 Å². The average molecular weight is 415 g/mol. The summed E-state index contributed by atoms with van der Waals surface area (Å²) < 4.78 is 0. The van der Waals surface area contributed by atoms with Gasteiger partial charge >= 0.3 is 0 Å². The van der Waals surface area contributed by atoms with Crippen LogP contribution in [-0.2, 0) is 9.59 Å². The van der Waals surface area contributed by atoms with E-state index < -0.39 is 0 Å². The predicted molar refractivity (Wildman–Crippen MR) is 114 cm³/mol. The molecule has 0 radical (unpaired) electrons. The van der Waals surface area contributed by atoms with E-state index in [2.05, 4.69) is 32.5 Å². The van der Waals surface area contributed by atoms with Crippen molar-refractivity contribution in [3.05, 3.63) is 48.1 Å². The van der Waals surface area contributed by atoms with Crippen molar-refractivity contribution in [2.45, 2.75) is 25.8 Å². The summed E-state index contributed by atoms with van der Waals surface area (Å²) in [6.45, 7) is 6.47. The third kappa shape index (κ3) is 5.45. The first-order chi connectivity index (χ1) is 14.0. The number of para-hydroxylation sites is 2. The number of amides is 2. The van der Waals surface area contributed by atoms with Gasteiger partial charge in [0.15, 0.2) is 5.82 Å². The van der Waals surface area contributed by atoms with Crippen molar-refractivity contribution < 1.29 is 9.59 Å². The molecule has 1 aromatic heterocycles. The van der Waals surface area contributed by atoms with E-state index in [4.69, 9.17) is 11.6 Å². The molecule has 0 spiro atoms. The number of halogens is 1. The molecule has 3 N–H and O–H groups in total. The maximum atomic E-state index is 11.7. The lowest BCUT2D eigenvalue weighted by molar-refractivity contribution is -0.129. The van der Waals surface area contributed by atoms with Crippen molar-refractivity contribution in [2.24, 2.45) is 0 Å². The topological polar surface area (TPSA) is 99.2 Å². The van der Waals surface area contributed by atoms with Crippen LogP contribution in [0.4, 0.5) is 23.1 Å². The SMILES string of the molecule is C=CC(=O)Nc1ccccc1Nc1nc(NC2CCN(C(C)=O)CC2)ncc1Cl. The van der Waals surface area contributed by atoms with Crippen LogP contribution < -0.4 is 16.0 Å². The Labute approximate surface area is 174 Å². The Hall–Kier alpha value is -3.13. The smallest absolute Gasteiger partial charge is 0.247 e. The van der Waals surface area contributed by atoms with Gasteiger partial charge < -0.3 is 20.9 Å². The van der Waals surface area contributed by atoms with Gasteiger partial charge in [0.25, 0.3) is 0 Å². The Kier molecular flexibility index (Phi) is 6.66. The second-order valence-corrected chi connectivity index (χ2v) is 7.09. The van der Waals surface area contributed by atoms with Gasteiger partial charge in [-0.25, -0.2) is 4.98 Å². The van der Waals surface area contributed by atoms with Crippen LogP contribution in [0.25, 0.3) is 0 Å². The Bertz CT molecular complexity index is 912. The molecular formula is C20H23ClN6O2. The number of piperidine rings is 1. The predicted octanol–water partition coefficient (Wildman–Crippen LogP) is 3.42. The number of carbonyl (C=O) groups excluding carboxylic acids is 2. The molecule has 2 aromatic rings. The zero-order valence-electron chi connectivity index (χ0n) is 16.1. The maximum Gasteiger partial charge on any atom is 0.247 e. The quantitative estimate of drug-likeness (QED) is 0.626. The molecule has 152 valence electrons. The lowest BCUT2D eigenvalue weighted by Gasteiger charge is -2.31. The van der Waals surface area contributed by atoms with Crippen molar-refractivity contribution >= 4 is 46.6 Å². The molecule has 0 bridgehead atoms. The van der Waals surface area contributed by atoms with Gasteiger partial charge in [-0.3, -0.25) is 9.59 Å². The van der Waals surface area contributed by atoms with Crippen LogP contribution in [0.3, 0.4) is 0 Å². The third-order valence-electron chi connectivity index (χ3n) is 4.64. The van der Waals surface area contributed by atoms with Gasteiger partial charge in [0.1, 0.15) is 5.02 Å². The Morgan fingerprint density at radius 1 is 1.24 bits per heavy atom. The van der Waals surface area contributed by atoms with E-state index in [0.29, 0.717) is 41.3 Å². The highest BCUT2D eigenvalue weighted by atomic mass is 35.5. The fourth-order valence-electron chi connectivity index (χ4n) is 3.06. The van der Waals surface area contributed by atoms with Crippen LogP contribution in [-0.4, -0.2) is 45.8 Å². The molecule has 29 heavy (non-hydrogen) atoms. The Morgan fingerprint density at radius 2 is 1.93 bits per heavy atom. The monoisotopic (exact) mass is 414 g/mol. The standard InChI is InChI=1S/C20H23ClN6O2/c1-3-18(29)24-16-6-4-5-7-17(16)25-19-15(21)12-22-20(26-19)23-14-8-10-27(11-9-14)13(2)28/h3-7,12,14H,1,8-11H2,2H3,(H,24,29)(H2,22,23,25,26). The molecule has 9 heteroatoms. The van der Waals surface area contributed by atoms with Gasteiger partial charge in [-0.1, -0.05) is 30.3 Å². The van der Waals surface area contributed by atoms with Crippen LogP contribution in [0.1, 0.15) is 19.8 Å². The number of likely N-dealkylation sites (tertiary alicyclic amines) is 1. The number of aromatic nitrogens is 2. The molecule has 0 aliphatic carbocycles. The molecule has 1 aliphatic heterocycles. The van der Waals surface area contributed by atoms with Crippen molar-refractivity contribution in [1.82, 2.24) is 14.9 Å². The minimum Gasteiger partial charge on any atom is -0.351 e. The lowest BCUT2D eigenvalue weighted by Crippen LogP contribution is -2.41. The van der Waals surface area contributed by atoms with E-state index in [9.17, 15) is 9.59 Å². The maximum absolute atomic E-state index is 11.7. The largest absolute Gasteiger partial charge is 0.351 e. The van der Waals surface area contributed by atoms with Gasteiger partial charge in [-0.15, -0.1) is 0 Å². The van der Waals surface area contributed by atoms with Gasteiger partial charge in [-0.05, 0) is 31.1 Å². The van der Waals surface area contributed by atoms with Crippen LogP contribution in [0.5, 0.6) is 0 Å². The first-order valence-corrected chi connectivity index (χ1v) is 9.68. The summed E-state index contributed by atoms with van der Waals surface area (Å²) in [5, 5.41) is 9.55. The summed E-state index contributed by atoms with van der Waals surface area (Å²) in [7, 11) is 0. The molecular weight excluding hydrogens is 392 g/mol. The summed E-state index contributed by atoms with van der Waals surface area (Å²) >= 11 is 6.27.